The molecule has 104 valence electrons. The van der Waals surface area contributed by atoms with Gasteiger partial charge in [-0.15, -0.1) is 0 Å². The summed E-state index contributed by atoms with van der Waals surface area (Å²) in [6.45, 7) is 0. The molecule has 0 fully saturated rings. The van der Waals surface area contributed by atoms with Crippen LogP contribution in [-0.2, 0) is 4.74 Å². The van der Waals surface area contributed by atoms with Crippen molar-refractivity contribution in [3.63, 3.8) is 0 Å². The van der Waals surface area contributed by atoms with Crippen LogP contribution in [0.1, 0.15) is 0 Å². The van der Waals surface area contributed by atoms with Gasteiger partial charge in [0.05, 0.1) is 5.69 Å². The third-order valence-electron chi connectivity index (χ3n) is 3.10. The lowest BCUT2D eigenvalue weighted by Gasteiger charge is -2.04. The summed E-state index contributed by atoms with van der Waals surface area (Å²) in [6.07, 6.45) is 9.28. The SMILES string of the molecule is C1=CSC2=NC(C=CC=C3Nc4ccccc4O3)OC2=C1. The van der Waals surface area contributed by atoms with Gasteiger partial charge in [0.1, 0.15) is 5.04 Å². The molecule has 5 heteroatoms. The molecular weight excluding hydrogens is 284 g/mol. The zero-order valence-electron chi connectivity index (χ0n) is 11.0. The summed E-state index contributed by atoms with van der Waals surface area (Å²) >= 11 is 1.58. The minimum atomic E-state index is -0.265. The van der Waals surface area contributed by atoms with Gasteiger partial charge in [0.2, 0.25) is 6.23 Å². The number of benzene rings is 1. The van der Waals surface area contributed by atoms with Crippen molar-refractivity contribution in [2.45, 2.75) is 6.23 Å². The van der Waals surface area contributed by atoms with Crippen molar-refractivity contribution in [1.82, 2.24) is 0 Å². The van der Waals surface area contributed by atoms with Gasteiger partial charge in [0.25, 0.3) is 0 Å². The number of para-hydroxylation sites is 2. The number of fused-ring (bicyclic) bond motifs is 2. The zero-order valence-corrected chi connectivity index (χ0v) is 11.8. The van der Waals surface area contributed by atoms with Crippen LogP contribution in [0.25, 0.3) is 0 Å². The molecule has 0 aliphatic carbocycles. The minimum absolute atomic E-state index is 0.265. The number of nitrogens with one attached hydrogen (secondary N) is 1. The highest BCUT2D eigenvalue weighted by molar-refractivity contribution is 8.17. The minimum Gasteiger partial charge on any atom is -0.462 e. The predicted octanol–water partition coefficient (Wildman–Crippen LogP) is 3.79. The van der Waals surface area contributed by atoms with Crippen LogP contribution in [0.5, 0.6) is 5.75 Å². The molecule has 0 saturated carbocycles. The average molecular weight is 296 g/mol. The van der Waals surface area contributed by atoms with Gasteiger partial charge in [0, 0.05) is 0 Å². The topological polar surface area (TPSA) is 42.9 Å². The fraction of sp³-hybridized carbons (Fsp3) is 0.0625. The van der Waals surface area contributed by atoms with Gasteiger partial charge in [-0.3, -0.25) is 0 Å². The smallest absolute Gasteiger partial charge is 0.210 e. The number of thioether (sulfide) groups is 1. The number of rotatable bonds is 2. The molecule has 1 N–H and O–H groups in total. The van der Waals surface area contributed by atoms with E-state index in [1.165, 1.54) is 0 Å². The highest BCUT2D eigenvalue weighted by Gasteiger charge is 2.22. The van der Waals surface area contributed by atoms with E-state index in [-0.39, 0.29) is 6.23 Å². The first-order valence-electron chi connectivity index (χ1n) is 6.59. The van der Waals surface area contributed by atoms with Gasteiger partial charge >= 0.3 is 0 Å². The fourth-order valence-electron chi connectivity index (χ4n) is 2.15. The van der Waals surface area contributed by atoms with Crippen LogP contribution >= 0.6 is 11.8 Å². The summed E-state index contributed by atoms with van der Waals surface area (Å²) < 4.78 is 11.4. The highest BCUT2D eigenvalue weighted by atomic mass is 32.2. The second-order valence-electron chi connectivity index (χ2n) is 4.56. The van der Waals surface area contributed by atoms with Crippen molar-refractivity contribution in [1.29, 1.82) is 0 Å². The third kappa shape index (κ3) is 2.48. The molecule has 1 aromatic carbocycles. The van der Waals surface area contributed by atoms with E-state index in [1.54, 1.807) is 11.8 Å². The lowest BCUT2D eigenvalue weighted by molar-refractivity contribution is 0.198. The number of anilines is 1. The number of nitrogens with zero attached hydrogens (tertiary/aromatic N) is 1. The van der Waals surface area contributed by atoms with Crippen molar-refractivity contribution in [2.24, 2.45) is 4.99 Å². The normalized spacial score (nSPS) is 24.0. The Hall–Kier alpha value is -2.40. The molecule has 3 aliphatic rings. The van der Waals surface area contributed by atoms with Crippen LogP contribution in [0.3, 0.4) is 0 Å². The number of hydrogen-bond acceptors (Lipinski definition) is 5. The highest BCUT2D eigenvalue weighted by Crippen LogP contribution is 2.32. The number of hydrogen-bond donors (Lipinski definition) is 1. The van der Waals surface area contributed by atoms with E-state index in [2.05, 4.69) is 10.3 Å². The molecule has 0 radical (unpaired) electrons. The van der Waals surface area contributed by atoms with E-state index in [0.717, 1.165) is 22.2 Å². The Labute approximate surface area is 126 Å². The Morgan fingerprint density at radius 1 is 1.29 bits per heavy atom. The largest absolute Gasteiger partial charge is 0.462 e. The van der Waals surface area contributed by atoms with Crippen LogP contribution in [0.2, 0.25) is 0 Å². The van der Waals surface area contributed by atoms with Gasteiger partial charge in [0.15, 0.2) is 17.4 Å². The summed E-state index contributed by atoms with van der Waals surface area (Å²) in [6, 6.07) is 7.83. The zero-order chi connectivity index (χ0) is 14.1. The number of ether oxygens (including phenoxy) is 2. The Bertz CT molecular complexity index is 705. The van der Waals surface area contributed by atoms with Crippen molar-refractivity contribution >= 4 is 22.5 Å². The maximum atomic E-state index is 5.70. The summed E-state index contributed by atoms with van der Waals surface area (Å²) in [5, 5.41) is 6.12. The van der Waals surface area contributed by atoms with E-state index in [4.69, 9.17) is 9.47 Å². The molecule has 1 atom stereocenters. The quantitative estimate of drug-likeness (QED) is 0.901. The lowest BCUT2D eigenvalue weighted by Crippen LogP contribution is -1.99. The van der Waals surface area contributed by atoms with Crippen molar-refractivity contribution in [3.05, 3.63) is 71.7 Å². The Kier molecular flexibility index (Phi) is 3.05. The average Bonchev–Trinajstić information content (AvgIpc) is 3.09. The van der Waals surface area contributed by atoms with E-state index in [0.29, 0.717) is 5.88 Å². The van der Waals surface area contributed by atoms with E-state index >= 15 is 0 Å². The van der Waals surface area contributed by atoms with E-state index < -0.39 is 0 Å². The van der Waals surface area contributed by atoms with Gasteiger partial charge in [-0.2, -0.15) is 0 Å². The van der Waals surface area contributed by atoms with Gasteiger partial charge < -0.3 is 14.8 Å². The Morgan fingerprint density at radius 3 is 3.14 bits per heavy atom. The lowest BCUT2D eigenvalue weighted by atomic mass is 10.3. The molecule has 4 rings (SSSR count). The van der Waals surface area contributed by atoms with Crippen LogP contribution in [-0.4, -0.2) is 11.3 Å². The summed E-state index contributed by atoms with van der Waals surface area (Å²) in [7, 11) is 0. The Morgan fingerprint density at radius 2 is 2.24 bits per heavy atom. The molecule has 0 aromatic heterocycles. The predicted molar refractivity (Wildman–Crippen MR) is 85.0 cm³/mol. The van der Waals surface area contributed by atoms with Gasteiger partial charge in [-0.1, -0.05) is 36.0 Å². The molecule has 3 heterocycles. The second kappa shape index (κ2) is 5.18. The molecule has 0 spiro atoms. The molecule has 4 nitrogen and oxygen atoms in total. The maximum Gasteiger partial charge on any atom is 0.210 e. The van der Waals surface area contributed by atoms with Crippen LogP contribution in [0, 0.1) is 0 Å². The van der Waals surface area contributed by atoms with Crippen molar-refractivity contribution in [3.8, 4) is 5.75 Å². The standard InChI is InChI=1S/C16H12N2O2S/c1-2-6-12-11(5-1)17-14(19-12)8-3-9-15-18-16-13(20-15)7-4-10-21-16/h1-10,15,17H. The number of aliphatic imine (C=N–C) groups is 1. The maximum absolute atomic E-state index is 5.70. The Balaban J connectivity index is 1.42. The van der Waals surface area contributed by atoms with Crippen LogP contribution < -0.4 is 10.1 Å². The van der Waals surface area contributed by atoms with E-state index in [9.17, 15) is 0 Å². The molecule has 1 aromatic rings. The molecule has 0 saturated heterocycles. The van der Waals surface area contributed by atoms with Gasteiger partial charge in [-0.05, 0) is 35.8 Å². The molecule has 21 heavy (non-hydrogen) atoms. The van der Waals surface area contributed by atoms with E-state index in [1.807, 2.05) is 60.1 Å². The molecule has 0 amide bonds. The first-order chi connectivity index (χ1) is 10.4. The van der Waals surface area contributed by atoms with Crippen LogP contribution in [0.15, 0.2) is 76.7 Å². The first-order valence-corrected chi connectivity index (χ1v) is 7.47. The number of allylic oxidation sites excluding steroid dienone is 4. The monoisotopic (exact) mass is 296 g/mol. The fourth-order valence-corrected chi connectivity index (χ4v) is 2.83. The van der Waals surface area contributed by atoms with Crippen LogP contribution in [0.4, 0.5) is 5.69 Å². The van der Waals surface area contributed by atoms with Crippen molar-refractivity contribution in [2.75, 3.05) is 5.32 Å². The molecule has 0 bridgehead atoms. The summed E-state index contributed by atoms with van der Waals surface area (Å²) in [4.78, 5) is 4.47. The molecule has 1 unspecified atom stereocenters. The second-order valence-corrected chi connectivity index (χ2v) is 5.45. The molecular formula is C16H12N2O2S. The molecule has 3 aliphatic heterocycles. The summed E-state index contributed by atoms with van der Waals surface area (Å²) in [5.41, 5.74) is 0.980. The third-order valence-corrected chi connectivity index (χ3v) is 3.92. The summed E-state index contributed by atoms with van der Waals surface area (Å²) in [5.74, 6) is 2.38. The first kappa shape index (κ1) is 12.3. The van der Waals surface area contributed by atoms with Crippen molar-refractivity contribution < 1.29 is 9.47 Å². The van der Waals surface area contributed by atoms with Gasteiger partial charge in [-0.25, -0.2) is 4.99 Å².